The monoisotopic (exact) mass is 427 g/mol. The van der Waals surface area contributed by atoms with Gasteiger partial charge in [0, 0.05) is 17.6 Å². The fourth-order valence-electron chi connectivity index (χ4n) is 3.29. The average molecular weight is 427 g/mol. The van der Waals surface area contributed by atoms with Crippen LogP contribution in [0.2, 0.25) is 0 Å². The van der Waals surface area contributed by atoms with Gasteiger partial charge in [-0.3, -0.25) is 4.79 Å². The molecule has 3 aromatic heterocycles. The molecule has 8 nitrogen and oxygen atoms in total. The molecule has 1 N–H and O–H groups in total. The Hall–Kier alpha value is -4.25. The van der Waals surface area contributed by atoms with Gasteiger partial charge in [0.05, 0.1) is 16.6 Å². The fraction of sp³-hybridized carbons (Fsp3) is 0.208. The van der Waals surface area contributed by atoms with E-state index in [0.717, 1.165) is 11.3 Å². The van der Waals surface area contributed by atoms with E-state index in [-0.39, 0.29) is 17.7 Å². The van der Waals surface area contributed by atoms with E-state index in [2.05, 4.69) is 26.5 Å². The Morgan fingerprint density at radius 2 is 2.03 bits per heavy atom. The van der Waals surface area contributed by atoms with Gasteiger partial charge in [-0.25, -0.2) is 9.97 Å². The van der Waals surface area contributed by atoms with Gasteiger partial charge in [-0.05, 0) is 61.7 Å². The van der Waals surface area contributed by atoms with Crippen molar-refractivity contribution < 1.29 is 14.1 Å². The summed E-state index contributed by atoms with van der Waals surface area (Å²) < 4.78 is 11.1. The van der Waals surface area contributed by atoms with Crippen LogP contribution in [0.3, 0.4) is 0 Å². The summed E-state index contributed by atoms with van der Waals surface area (Å²) in [5, 5.41) is 16.7. The fourth-order valence-corrected chi connectivity index (χ4v) is 3.29. The lowest BCUT2D eigenvalue weighted by Crippen LogP contribution is -2.14. The van der Waals surface area contributed by atoms with Crippen LogP contribution in [0, 0.1) is 25.2 Å². The van der Waals surface area contributed by atoms with Crippen LogP contribution < -0.4 is 10.1 Å². The van der Waals surface area contributed by atoms with Gasteiger partial charge in [0.15, 0.2) is 0 Å². The SMILES string of the molecule is Cc1cc(Oc2ncccc2C#N)ccc1NC(=O)c1cc(C(C)C)nc2onc(C)c12. The van der Waals surface area contributed by atoms with Crippen LogP contribution >= 0.6 is 0 Å². The lowest BCUT2D eigenvalue weighted by Gasteiger charge is -2.13. The number of rotatable bonds is 5. The molecule has 4 aromatic rings. The first-order chi connectivity index (χ1) is 15.4. The van der Waals surface area contributed by atoms with Crippen molar-refractivity contribution in [1.82, 2.24) is 15.1 Å². The molecule has 8 heteroatoms. The Labute approximate surface area is 184 Å². The molecule has 0 bridgehead atoms. The van der Waals surface area contributed by atoms with Crippen molar-refractivity contribution in [2.45, 2.75) is 33.6 Å². The zero-order valence-corrected chi connectivity index (χ0v) is 18.1. The quantitative estimate of drug-likeness (QED) is 0.461. The molecule has 1 aromatic carbocycles. The highest BCUT2D eigenvalue weighted by molar-refractivity contribution is 6.12. The van der Waals surface area contributed by atoms with Gasteiger partial charge in [0.1, 0.15) is 17.4 Å². The molecule has 0 aliphatic carbocycles. The van der Waals surface area contributed by atoms with E-state index >= 15 is 0 Å². The summed E-state index contributed by atoms with van der Waals surface area (Å²) >= 11 is 0. The van der Waals surface area contributed by atoms with Gasteiger partial charge in [-0.15, -0.1) is 0 Å². The molecule has 0 saturated heterocycles. The predicted molar refractivity (Wildman–Crippen MR) is 119 cm³/mol. The third-order valence-corrected chi connectivity index (χ3v) is 5.03. The molecule has 0 unspecified atom stereocenters. The van der Waals surface area contributed by atoms with Crippen LogP contribution in [0.5, 0.6) is 11.6 Å². The lowest BCUT2D eigenvalue weighted by molar-refractivity contribution is 0.102. The molecule has 0 aliphatic rings. The topological polar surface area (TPSA) is 114 Å². The number of pyridine rings is 2. The van der Waals surface area contributed by atoms with Crippen molar-refractivity contribution in [1.29, 1.82) is 5.26 Å². The number of hydrogen-bond acceptors (Lipinski definition) is 7. The molecule has 160 valence electrons. The van der Waals surface area contributed by atoms with Crippen LogP contribution in [0.4, 0.5) is 5.69 Å². The first kappa shape index (κ1) is 21.0. The van der Waals surface area contributed by atoms with Gasteiger partial charge in [-0.1, -0.05) is 19.0 Å². The van der Waals surface area contributed by atoms with E-state index in [0.29, 0.717) is 39.4 Å². The lowest BCUT2D eigenvalue weighted by atomic mass is 10.0. The van der Waals surface area contributed by atoms with Gasteiger partial charge in [0.25, 0.3) is 11.6 Å². The Morgan fingerprint density at radius 1 is 1.22 bits per heavy atom. The summed E-state index contributed by atoms with van der Waals surface area (Å²) in [6.07, 6.45) is 1.56. The minimum absolute atomic E-state index is 0.124. The number of carbonyl (C=O) groups excluding carboxylic acids is 1. The van der Waals surface area contributed by atoms with E-state index in [1.165, 1.54) is 0 Å². The Morgan fingerprint density at radius 3 is 2.75 bits per heavy atom. The van der Waals surface area contributed by atoms with Crippen LogP contribution in [0.1, 0.15) is 52.6 Å². The van der Waals surface area contributed by atoms with E-state index in [9.17, 15) is 10.1 Å². The third-order valence-electron chi connectivity index (χ3n) is 5.03. The van der Waals surface area contributed by atoms with E-state index < -0.39 is 0 Å². The molecule has 32 heavy (non-hydrogen) atoms. The largest absolute Gasteiger partial charge is 0.438 e. The Bertz CT molecular complexity index is 1370. The number of nitrogens with one attached hydrogen (secondary N) is 1. The standard InChI is InChI=1S/C24H21N5O3/c1-13(2)20-11-18(21-15(4)29-32-24(21)28-20)22(30)27-19-8-7-17(10-14(19)3)31-23-16(12-25)6-5-9-26-23/h5-11,13H,1-4H3,(H,27,30). The van der Waals surface area contributed by atoms with Gasteiger partial charge >= 0.3 is 0 Å². The second-order valence-corrected chi connectivity index (χ2v) is 7.70. The molecule has 0 saturated carbocycles. The minimum Gasteiger partial charge on any atom is -0.438 e. The number of amides is 1. The van der Waals surface area contributed by atoms with Crippen LogP contribution in [0.15, 0.2) is 47.1 Å². The number of anilines is 1. The summed E-state index contributed by atoms with van der Waals surface area (Å²) in [6.45, 7) is 7.64. The van der Waals surface area contributed by atoms with Crippen LogP contribution in [-0.4, -0.2) is 21.0 Å². The van der Waals surface area contributed by atoms with Crippen LogP contribution in [-0.2, 0) is 0 Å². The number of benzene rings is 1. The van der Waals surface area contributed by atoms with Crippen molar-refractivity contribution >= 4 is 22.7 Å². The zero-order chi connectivity index (χ0) is 22.8. The summed E-state index contributed by atoms with van der Waals surface area (Å²) in [6, 6.07) is 12.4. The summed E-state index contributed by atoms with van der Waals surface area (Å²) in [5.41, 5.74) is 3.94. The highest BCUT2D eigenvalue weighted by Gasteiger charge is 2.20. The predicted octanol–water partition coefficient (Wildman–Crippen LogP) is 5.27. The average Bonchev–Trinajstić information content (AvgIpc) is 3.16. The van der Waals surface area contributed by atoms with E-state index in [4.69, 9.17) is 9.26 Å². The van der Waals surface area contributed by atoms with Crippen molar-refractivity contribution in [2.75, 3.05) is 5.32 Å². The van der Waals surface area contributed by atoms with Crippen molar-refractivity contribution in [3.05, 3.63) is 70.7 Å². The molecule has 1 amide bonds. The van der Waals surface area contributed by atoms with Gasteiger partial charge in [-0.2, -0.15) is 5.26 Å². The van der Waals surface area contributed by atoms with Crippen molar-refractivity contribution in [3.8, 4) is 17.7 Å². The molecular formula is C24H21N5O3. The molecule has 4 rings (SSSR count). The molecule has 3 heterocycles. The highest BCUT2D eigenvalue weighted by Crippen LogP contribution is 2.29. The number of ether oxygens (including phenoxy) is 1. The second kappa shape index (κ2) is 8.47. The molecule has 0 atom stereocenters. The normalized spacial score (nSPS) is 10.9. The van der Waals surface area contributed by atoms with Crippen molar-refractivity contribution in [2.24, 2.45) is 0 Å². The number of aryl methyl sites for hydroxylation is 2. The van der Waals surface area contributed by atoms with Crippen molar-refractivity contribution in [3.63, 3.8) is 0 Å². The molecular weight excluding hydrogens is 406 g/mol. The molecule has 0 fully saturated rings. The maximum absolute atomic E-state index is 13.2. The molecule has 0 radical (unpaired) electrons. The smallest absolute Gasteiger partial charge is 0.259 e. The number of carbonyl (C=O) groups is 1. The molecule has 0 aliphatic heterocycles. The third kappa shape index (κ3) is 4.01. The van der Waals surface area contributed by atoms with E-state index in [1.807, 2.05) is 20.8 Å². The Kier molecular flexibility index (Phi) is 5.56. The number of nitrogens with zero attached hydrogens (tertiary/aromatic N) is 4. The minimum atomic E-state index is -0.279. The maximum Gasteiger partial charge on any atom is 0.259 e. The first-order valence-electron chi connectivity index (χ1n) is 10.1. The van der Waals surface area contributed by atoms with Gasteiger partial charge < -0.3 is 14.6 Å². The zero-order valence-electron chi connectivity index (χ0n) is 18.1. The Balaban J connectivity index is 1.62. The second-order valence-electron chi connectivity index (χ2n) is 7.70. The number of aromatic nitrogens is 3. The summed E-state index contributed by atoms with van der Waals surface area (Å²) in [7, 11) is 0. The number of hydrogen-bond donors (Lipinski definition) is 1. The highest BCUT2D eigenvalue weighted by atomic mass is 16.5. The summed E-state index contributed by atoms with van der Waals surface area (Å²) in [5.74, 6) is 0.590. The van der Waals surface area contributed by atoms with Gasteiger partial charge in [0.2, 0.25) is 5.88 Å². The molecule has 0 spiro atoms. The summed E-state index contributed by atoms with van der Waals surface area (Å²) in [4.78, 5) is 21.8. The number of fused-ring (bicyclic) bond motifs is 1. The van der Waals surface area contributed by atoms with Crippen LogP contribution in [0.25, 0.3) is 11.1 Å². The van der Waals surface area contributed by atoms with E-state index in [1.54, 1.807) is 49.5 Å². The maximum atomic E-state index is 13.2. The number of nitriles is 1. The first-order valence-corrected chi connectivity index (χ1v) is 10.1.